The highest BCUT2D eigenvalue weighted by atomic mass is 16.1. The van der Waals surface area contributed by atoms with Crippen molar-refractivity contribution in [2.45, 2.75) is 26.2 Å². The van der Waals surface area contributed by atoms with Gasteiger partial charge in [0, 0.05) is 26.4 Å². The fraction of sp³-hybridized carbons (Fsp3) is 0.700. The predicted octanol–water partition coefficient (Wildman–Crippen LogP) is 0.516. The lowest BCUT2D eigenvalue weighted by atomic mass is 10.3. The van der Waals surface area contributed by atoms with Crippen LogP contribution in [-0.4, -0.2) is 26.0 Å². The average Bonchev–Trinajstić information content (AvgIpc) is 2.16. The van der Waals surface area contributed by atoms with Gasteiger partial charge in [0.2, 0.25) is 5.91 Å². The van der Waals surface area contributed by atoms with Crippen LogP contribution in [-0.2, 0) is 4.79 Å². The van der Waals surface area contributed by atoms with Crippen molar-refractivity contribution in [2.24, 2.45) is 0 Å². The molecule has 0 unspecified atom stereocenters. The first-order valence-corrected chi connectivity index (χ1v) is 4.62. The van der Waals surface area contributed by atoms with E-state index in [0.29, 0.717) is 6.42 Å². The van der Waals surface area contributed by atoms with E-state index >= 15 is 0 Å². The van der Waals surface area contributed by atoms with Gasteiger partial charge in [0.05, 0.1) is 0 Å². The molecule has 0 saturated heterocycles. The molecule has 13 heavy (non-hydrogen) atoms. The summed E-state index contributed by atoms with van der Waals surface area (Å²) in [6.07, 6.45) is 2.37. The molecule has 3 nitrogen and oxygen atoms in total. The lowest BCUT2D eigenvalue weighted by Crippen LogP contribution is -2.21. The topological polar surface area (TPSA) is 41.1 Å². The predicted molar refractivity (Wildman–Crippen MR) is 54.2 cm³/mol. The quantitative estimate of drug-likeness (QED) is 0.464. The summed E-state index contributed by atoms with van der Waals surface area (Å²) in [7, 11) is 1.66. The maximum absolute atomic E-state index is 10.8. The zero-order valence-corrected chi connectivity index (χ0v) is 8.44. The minimum Gasteiger partial charge on any atom is -0.359 e. The molecular formula is C10H18N2O. The molecule has 2 N–H and O–H groups in total. The van der Waals surface area contributed by atoms with Crippen molar-refractivity contribution < 1.29 is 4.79 Å². The van der Waals surface area contributed by atoms with Crippen LogP contribution in [0.25, 0.3) is 0 Å². The summed E-state index contributed by atoms with van der Waals surface area (Å²) in [5.41, 5.74) is 0. The van der Waals surface area contributed by atoms with E-state index in [1.807, 2.05) is 6.92 Å². The average molecular weight is 182 g/mol. The normalized spacial score (nSPS) is 8.77. The number of hydrogen-bond acceptors (Lipinski definition) is 2. The molecule has 74 valence electrons. The minimum absolute atomic E-state index is 0.107. The van der Waals surface area contributed by atoms with E-state index < -0.39 is 0 Å². The molecule has 3 heteroatoms. The van der Waals surface area contributed by atoms with Crippen molar-refractivity contribution in [3.63, 3.8) is 0 Å². The van der Waals surface area contributed by atoms with Crippen LogP contribution >= 0.6 is 0 Å². The molecule has 0 saturated carbocycles. The van der Waals surface area contributed by atoms with Gasteiger partial charge in [-0.05, 0) is 19.9 Å². The Kier molecular flexibility index (Phi) is 8.38. The first-order valence-electron chi connectivity index (χ1n) is 4.62. The lowest BCUT2D eigenvalue weighted by molar-refractivity contribution is -0.120. The van der Waals surface area contributed by atoms with E-state index in [1.54, 1.807) is 7.05 Å². The summed E-state index contributed by atoms with van der Waals surface area (Å²) in [4.78, 5) is 10.8. The third-order valence-corrected chi connectivity index (χ3v) is 1.64. The number of nitrogens with one attached hydrogen (secondary N) is 2. The summed E-state index contributed by atoms with van der Waals surface area (Å²) in [6, 6.07) is 0. The van der Waals surface area contributed by atoms with Crippen LogP contribution in [0.3, 0.4) is 0 Å². The Bertz CT molecular complexity index is 191. The number of carbonyl (C=O) groups is 1. The van der Waals surface area contributed by atoms with Gasteiger partial charge < -0.3 is 10.6 Å². The second-order valence-corrected chi connectivity index (χ2v) is 2.70. The molecule has 0 heterocycles. The van der Waals surface area contributed by atoms with Gasteiger partial charge in [0.1, 0.15) is 0 Å². The molecule has 0 aromatic rings. The summed E-state index contributed by atoms with van der Waals surface area (Å²) in [6.45, 7) is 3.64. The lowest BCUT2D eigenvalue weighted by Gasteiger charge is -2.01. The van der Waals surface area contributed by atoms with E-state index in [9.17, 15) is 4.79 Å². The molecule has 0 aromatic heterocycles. The summed E-state index contributed by atoms with van der Waals surface area (Å²) in [5.74, 6) is 5.91. The van der Waals surface area contributed by atoms with Crippen LogP contribution in [0, 0.1) is 11.8 Å². The highest BCUT2D eigenvalue weighted by Gasteiger charge is 1.95. The van der Waals surface area contributed by atoms with Crippen LogP contribution in [0.1, 0.15) is 26.2 Å². The van der Waals surface area contributed by atoms with Crippen LogP contribution in [0.15, 0.2) is 0 Å². The fourth-order valence-corrected chi connectivity index (χ4v) is 0.900. The Morgan fingerprint density at radius 2 is 2.15 bits per heavy atom. The highest BCUT2D eigenvalue weighted by molar-refractivity contribution is 5.75. The molecule has 0 aliphatic heterocycles. The van der Waals surface area contributed by atoms with Crippen molar-refractivity contribution in [2.75, 3.05) is 20.1 Å². The van der Waals surface area contributed by atoms with Gasteiger partial charge >= 0.3 is 0 Å². The molecule has 0 fully saturated rings. The third-order valence-electron chi connectivity index (χ3n) is 1.64. The van der Waals surface area contributed by atoms with Crippen molar-refractivity contribution in [1.82, 2.24) is 10.6 Å². The van der Waals surface area contributed by atoms with Gasteiger partial charge in [-0.2, -0.15) is 0 Å². The van der Waals surface area contributed by atoms with Gasteiger partial charge in [-0.15, -0.1) is 11.8 Å². The van der Waals surface area contributed by atoms with E-state index in [4.69, 9.17) is 0 Å². The maximum Gasteiger partial charge on any atom is 0.219 e. The Labute approximate surface area is 80.3 Å². The molecular weight excluding hydrogens is 164 g/mol. The van der Waals surface area contributed by atoms with Gasteiger partial charge in [-0.1, -0.05) is 0 Å². The molecule has 0 radical (unpaired) electrons. The van der Waals surface area contributed by atoms with Crippen LogP contribution in [0.4, 0.5) is 0 Å². The Morgan fingerprint density at radius 3 is 2.77 bits per heavy atom. The van der Waals surface area contributed by atoms with E-state index in [1.165, 1.54) is 0 Å². The Balaban J connectivity index is 3.06. The summed E-state index contributed by atoms with van der Waals surface area (Å²) < 4.78 is 0. The Morgan fingerprint density at radius 1 is 1.38 bits per heavy atom. The molecule has 1 amide bonds. The standard InChI is InChI=1S/C10H18N2O/c1-3-4-5-8-12-9-6-7-10(13)11-2/h12H,5-9H2,1-2H3,(H,11,13). The molecule has 0 rings (SSSR count). The van der Waals surface area contributed by atoms with Crippen molar-refractivity contribution in [3.8, 4) is 11.8 Å². The van der Waals surface area contributed by atoms with Gasteiger partial charge in [0.15, 0.2) is 0 Å². The molecule has 0 spiro atoms. The third kappa shape index (κ3) is 8.90. The fourth-order valence-electron chi connectivity index (χ4n) is 0.900. The van der Waals surface area contributed by atoms with Crippen LogP contribution in [0.2, 0.25) is 0 Å². The maximum atomic E-state index is 10.8. The molecule has 0 aromatic carbocycles. The van der Waals surface area contributed by atoms with E-state index in [2.05, 4.69) is 22.5 Å². The number of rotatable bonds is 6. The first-order chi connectivity index (χ1) is 6.31. The molecule has 0 atom stereocenters. The van der Waals surface area contributed by atoms with Crippen molar-refractivity contribution >= 4 is 5.91 Å². The second kappa shape index (κ2) is 9.08. The molecule has 0 aliphatic carbocycles. The van der Waals surface area contributed by atoms with E-state index in [0.717, 1.165) is 25.9 Å². The van der Waals surface area contributed by atoms with E-state index in [-0.39, 0.29) is 5.91 Å². The number of carbonyl (C=O) groups excluding carboxylic acids is 1. The largest absolute Gasteiger partial charge is 0.359 e. The van der Waals surface area contributed by atoms with Crippen molar-refractivity contribution in [1.29, 1.82) is 0 Å². The van der Waals surface area contributed by atoms with Gasteiger partial charge in [-0.3, -0.25) is 4.79 Å². The summed E-state index contributed by atoms with van der Waals surface area (Å²) in [5, 5.41) is 5.80. The molecule has 0 bridgehead atoms. The monoisotopic (exact) mass is 182 g/mol. The molecule has 0 aliphatic rings. The first kappa shape index (κ1) is 12.0. The zero-order chi connectivity index (χ0) is 9.94. The van der Waals surface area contributed by atoms with Crippen LogP contribution in [0.5, 0.6) is 0 Å². The Hall–Kier alpha value is -1.01. The minimum atomic E-state index is 0.107. The number of amides is 1. The SMILES string of the molecule is CC#CCCNCCCC(=O)NC. The number of hydrogen-bond donors (Lipinski definition) is 2. The highest BCUT2D eigenvalue weighted by Crippen LogP contribution is 1.85. The zero-order valence-electron chi connectivity index (χ0n) is 8.44. The van der Waals surface area contributed by atoms with Gasteiger partial charge in [-0.25, -0.2) is 0 Å². The summed E-state index contributed by atoms with van der Waals surface area (Å²) >= 11 is 0. The smallest absolute Gasteiger partial charge is 0.219 e. The second-order valence-electron chi connectivity index (χ2n) is 2.70. The van der Waals surface area contributed by atoms with Crippen molar-refractivity contribution in [3.05, 3.63) is 0 Å². The van der Waals surface area contributed by atoms with Gasteiger partial charge in [0.25, 0.3) is 0 Å². The van der Waals surface area contributed by atoms with Crippen LogP contribution < -0.4 is 10.6 Å².